The van der Waals surface area contributed by atoms with Crippen molar-refractivity contribution in [3.05, 3.63) is 36.7 Å². The van der Waals surface area contributed by atoms with Gasteiger partial charge in [0.15, 0.2) is 9.84 Å². The van der Waals surface area contributed by atoms with Crippen LogP contribution in [-0.2, 0) is 24.7 Å². The largest absolute Gasteiger partial charge is 0.490 e. The smallest absolute Gasteiger partial charge is 0.475 e. The number of halogens is 3. The molecule has 14 nitrogen and oxygen atoms in total. The molecule has 0 aliphatic heterocycles. The number of aromatic amines is 2. The van der Waals surface area contributed by atoms with E-state index < -0.39 is 47.5 Å². The van der Waals surface area contributed by atoms with Crippen molar-refractivity contribution in [1.29, 1.82) is 0 Å². The number of alkyl halides is 3. The molecule has 0 unspecified atom stereocenters. The van der Waals surface area contributed by atoms with E-state index in [4.69, 9.17) is 20.8 Å². The number of primary sulfonamides is 1. The quantitative estimate of drug-likeness (QED) is 0.216. The van der Waals surface area contributed by atoms with Crippen molar-refractivity contribution < 1.29 is 39.9 Å². The first-order valence-electron chi connectivity index (χ1n) is 9.77. The van der Waals surface area contributed by atoms with Crippen LogP contribution in [0.15, 0.2) is 46.5 Å². The van der Waals surface area contributed by atoms with Gasteiger partial charge in [-0.05, 0) is 29.0 Å². The van der Waals surface area contributed by atoms with Crippen molar-refractivity contribution >= 4 is 36.9 Å². The fraction of sp³-hybridized carbons (Fsp3) is 0.167. The second kappa shape index (κ2) is 10.2. The number of nitrogens with two attached hydrogens (primary N) is 2. The van der Waals surface area contributed by atoms with Crippen LogP contribution in [0.4, 0.5) is 13.2 Å². The molecule has 4 rings (SSSR count). The predicted octanol–water partition coefficient (Wildman–Crippen LogP) is 0.423. The van der Waals surface area contributed by atoms with Crippen LogP contribution >= 0.6 is 0 Å². The summed E-state index contributed by atoms with van der Waals surface area (Å²) >= 11 is 0. The lowest BCUT2D eigenvalue weighted by Crippen LogP contribution is -2.22. The van der Waals surface area contributed by atoms with E-state index >= 15 is 0 Å². The van der Waals surface area contributed by atoms with Gasteiger partial charge < -0.3 is 15.8 Å². The lowest BCUT2D eigenvalue weighted by Gasteiger charge is -2.16. The summed E-state index contributed by atoms with van der Waals surface area (Å²) < 4.78 is 82.3. The number of nitrogens with zero attached hydrogens (tertiary/aromatic N) is 4. The lowest BCUT2D eigenvalue weighted by atomic mass is 10.00. The third-order valence-electron chi connectivity index (χ3n) is 4.65. The number of carboxylic acid groups (broad SMARTS) is 1. The van der Waals surface area contributed by atoms with Gasteiger partial charge in [-0.3, -0.25) is 0 Å². The lowest BCUT2D eigenvalue weighted by molar-refractivity contribution is -0.192. The van der Waals surface area contributed by atoms with Crippen LogP contribution in [0.5, 0.6) is 0 Å². The van der Waals surface area contributed by atoms with E-state index in [0.29, 0.717) is 16.8 Å². The number of hydrogen-bond donors (Lipinski definition) is 5. The monoisotopic (exact) mass is 562 g/mol. The maximum atomic E-state index is 12.7. The summed E-state index contributed by atoms with van der Waals surface area (Å²) in [7, 11) is -8.58. The molecule has 0 radical (unpaired) electrons. The Kier molecular flexibility index (Phi) is 7.62. The van der Waals surface area contributed by atoms with Crippen LogP contribution in [0.25, 0.3) is 33.5 Å². The topological polar surface area (TPSA) is 241 Å². The molecule has 0 aliphatic carbocycles. The van der Waals surface area contributed by atoms with Gasteiger partial charge in [0, 0.05) is 29.9 Å². The number of hydrogen-bond acceptors (Lipinski definition) is 10. The zero-order valence-electron chi connectivity index (χ0n) is 18.3. The molecule has 0 amide bonds. The second-order valence-corrected chi connectivity index (χ2v) is 10.7. The fourth-order valence-electron chi connectivity index (χ4n) is 3.17. The number of carboxylic acids is 1. The van der Waals surface area contributed by atoms with E-state index in [-0.39, 0.29) is 17.9 Å². The Balaban J connectivity index is 0.000000479. The van der Waals surface area contributed by atoms with Gasteiger partial charge in [-0.1, -0.05) is 6.07 Å². The third-order valence-corrected chi connectivity index (χ3v) is 7.56. The summed E-state index contributed by atoms with van der Waals surface area (Å²) in [5, 5.41) is 26.8. The van der Waals surface area contributed by atoms with Crippen LogP contribution in [0.3, 0.4) is 0 Å². The van der Waals surface area contributed by atoms with Crippen LogP contribution < -0.4 is 10.9 Å². The van der Waals surface area contributed by atoms with Gasteiger partial charge in [-0.25, -0.2) is 31.8 Å². The molecule has 0 saturated heterocycles. The van der Waals surface area contributed by atoms with Crippen molar-refractivity contribution in [2.24, 2.45) is 10.9 Å². The van der Waals surface area contributed by atoms with Gasteiger partial charge in [0.2, 0.25) is 15.8 Å². The number of aromatic nitrogens is 6. The Bertz CT molecular complexity index is 1650. The SMILES string of the molecule is NCCS(=O)(=O)c1ccc(-c2cnc3[nH]ccc3c2)c(-c2nn[nH]n2)c1S(N)(=O)=O.O=C(O)C(F)(F)F. The average Bonchev–Trinajstić information content (AvgIpc) is 3.49. The summed E-state index contributed by atoms with van der Waals surface area (Å²) in [4.78, 5) is 15.1. The Hall–Kier alpha value is -3.94. The normalized spacial score (nSPS) is 12.2. The number of tetrazole rings is 1. The molecule has 0 spiro atoms. The number of H-pyrrole nitrogens is 2. The molecule has 198 valence electrons. The predicted molar refractivity (Wildman–Crippen MR) is 121 cm³/mol. The van der Waals surface area contributed by atoms with Crippen LogP contribution in [0.1, 0.15) is 0 Å². The number of nitrogens with one attached hydrogen (secondary N) is 2. The molecule has 1 aromatic carbocycles. The Morgan fingerprint density at radius 2 is 1.81 bits per heavy atom. The maximum absolute atomic E-state index is 12.7. The number of sulfone groups is 1. The van der Waals surface area contributed by atoms with Crippen LogP contribution in [0.2, 0.25) is 0 Å². The number of aliphatic carboxylic acids is 1. The number of benzene rings is 1. The van der Waals surface area contributed by atoms with Crippen LogP contribution in [-0.4, -0.2) is 77.0 Å². The highest BCUT2D eigenvalue weighted by Crippen LogP contribution is 2.39. The number of rotatable bonds is 6. The Labute approximate surface area is 205 Å². The van der Waals surface area contributed by atoms with E-state index in [2.05, 4.69) is 30.6 Å². The number of carbonyl (C=O) groups is 1. The first-order chi connectivity index (χ1) is 17.2. The summed E-state index contributed by atoms with van der Waals surface area (Å²) in [5.74, 6) is -3.35. The molecule has 0 atom stereocenters. The summed E-state index contributed by atoms with van der Waals surface area (Å²) in [6.45, 7) is -0.195. The molecule has 3 aromatic heterocycles. The molecular weight excluding hydrogens is 545 g/mol. The molecule has 37 heavy (non-hydrogen) atoms. The first kappa shape index (κ1) is 27.6. The standard InChI is InChI=1S/C16H16N8O4S2.C2HF3O2/c17-4-6-29(25,26)12-2-1-11(10-7-9-3-5-19-15(9)20-8-10)13(14(12)30(18,27)28)16-21-23-24-22-16;3-2(4,5)1(6)7/h1-3,5,7-8H,4,6,17H2,(H,19,20)(H2,18,27,28)(H,21,22,23,24);(H,6,7). The van der Waals surface area contributed by atoms with E-state index in [1.165, 1.54) is 18.3 Å². The molecule has 0 aliphatic rings. The van der Waals surface area contributed by atoms with Gasteiger partial charge in [-0.15, -0.1) is 10.2 Å². The molecule has 19 heteroatoms. The van der Waals surface area contributed by atoms with Crippen molar-refractivity contribution in [3.63, 3.8) is 0 Å². The van der Waals surface area contributed by atoms with Crippen molar-refractivity contribution in [2.75, 3.05) is 12.3 Å². The zero-order chi connectivity index (χ0) is 27.6. The van der Waals surface area contributed by atoms with Crippen molar-refractivity contribution in [3.8, 4) is 22.5 Å². The van der Waals surface area contributed by atoms with Gasteiger partial charge in [-0.2, -0.15) is 18.4 Å². The number of fused-ring (bicyclic) bond motifs is 1. The summed E-state index contributed by atoms with van der Waals surface area (Å²) in [6.07, 6.45) is -1.86. The van der Waals surface area contributed by atoms with Gasteiger partial charge in [0.05, 0.1) is 16.2 Å². The minimum atomic E-state index is -5.08. The summed E-state index contributed by atoms with van der Waals surface area (Å²) in [6, 6.07) is 6.20. The maximum Gasteiger partial charge on any atom is 0.490 e. The Morgan fingerprint density at radius 3 is 2.35 bits per heavy atom. The highest BCUT2D eigenvalue weighted by molar-refractivity contribution is 7.93. The molecule has 0 bridgehead atoms. The molecule has 0 fully saturated rings. The minimum absolute atomic E-state index is 0.0963. The van der Waals surface area contributed by atoms with E-state index in [0.717, 1.165) is 5.39 Å². The minimum Gasteiger partial charge on any atom is -0.475 e. The fourth-order valence-corrected chi connectivity index (χ4v) is 5.93. The Morgan fingerprint density at radius 1 is 1.14 bits per heavy atom. The zero-order valence-corrected chi connectivity index (χ0v) is 19.9. The molecular formula is C18H17F3N8O6S2. The highest BCUT2D eigenvalue weighted by atomic mass is 32.2. The first-order valence-corrected chi connectivity index (χ1v) is 13.0. The molecule has 7 N–H and O–H groups in total. The second-order valence-electron chi connectivity index (χ2n) is 7.15. The van der Waals surface area contributed by atoms with Crippen molar-refractivity contribution in [2.45, 2.75) is 16.0 Å². The van der Waals surface area contributed by atoms with E-state index in [1.807, 2.05) is 0 Å². The number of pyridine rings is 1. The molecule has 4 aromatic rings. The average molecular weight is 563 g/mol. The van der Waals surface area contributed by atoms with E-state index in [9.17, 15) is 30.0 Å². The van der Waals surface area contributed by atoms with Gasteiger partial charge in [0.1, 0.15) is 10.5 Å². The van der Waals surface area contributed by atoms with Crippen molar-refractivity contribution in [1.82, 2.24) is 30.6 Å². The molecule has 3 heterocycles. The summed E-state index contributed by atoms with van der Waals surface area (Å²) in [5.41, 5.74) is 6.76. The van der Waals surface area contributed by atoms with E-state index in [1.54, 1.807) is 18.3 Å². The highest BCUT2D eigenvalue weighted by Gasteiger charge is 2.38. The van der Waals surface area contributed by atoms with Gasteiger partial charge in [0.25, 0.3) is 0 Å². The third kappa shape index (κ3) is 6.07. The molecule has 0 saturated carbocycles. The number of sulfonamides is 1. The van der Waals surface area contributed by atoms with Crippen LogP contribution in [0, 0.1) is 0 Å². The van der Waals surface area contributed by atoms with Gasteiger partial charge >= 0.3 is 12.1 Å².